The molecule has 0 spiro atoms. The second kappa shape index (κ2) is 7.84. The topological polar surface area (TPSA) is 62.8 Å². The van der Waals surface area contributed by atoms with E-state index in [4.69, 9.17) is 5.73 Å². The summed E-state index contributed by atoms with van der Waals surface area (Å²) in [4.78, 5) is 3.85. The monoisotopic (exact) mass is 384 g/mol. The van der Waals surface area contributed by atoms with Crippen molar-refractivity contribution in [2.24, 2.45) is 56.2 Å². The molecule has 0 bridgehead atoms. The van der Waals surface area contributed by atoms with Crippen molar-refractivity contribution in [3.05, 3.63) is 12.2 Å². The Balaban J connectivity index is 1.45. The number of nitrogens with zero attached hydrogens (tertiary/aromatic N) is 2. The fraction of sp³-hybridized carbons (Fsp3) is 0.833. The highest BCUT2D eigenvalue weighted by Crippen LogP contribution is 2.67. The van der Waals surface area contributed by atoms with E-state index in [2.05, 4.69) is 41.5 Å². The van der Waals surface area contributed by atoms with Gasteiger partial charge in [-0.1, -0.05) is 32.8 Å². The van der Waals surface area contributed by atoms with Gasteiger partial charge in [0.1, 0.15) is 0 Å². The van der Waals surface area contributed by atoms with E-state index in [1.807, 2.05) is 6.21 Å². The molecule has 0 aromatic rings. The van der Waals surface area contributed by atoms with Crippen molar-refractivity contribution in [3.63, 3.8) is 0 Å². The molecule has 4 aliphatic carbocycles. The average Bonchev–Trinajstić information content (AvgIpc) is 3.03. The van der Waals surface area contributed by atoms with Gasteiger partial charge in [0, 0.05) is 13.3 Å². The van der Waals surface area contributed by atoms with Crippen LogP contribution in [-0.4, -0.2) is 19.2 Å². The Bertz CT molecular complexity index is 653. The van der Waals surface area contributed by atoms with E-state index in [9.17, 15) is 0 Å². The van der Waals surface area contributed by atoms with Crippen molar-refractivity contribution in [1.29, 1.82) is 0 Å². The molecule has 0 aromatic heterocycles. The van der Waals surface area contributed by atoms with Crippen LogP contribution in [0.4, 0.5) is 0 Å². The highest BCUT2D eigenvalue weighted by molar-refractivity contribution is 5.79. The molecule has 4 fully saturated rings. The van der Waals surface area contributed by atoms with Crippen molar-refractivity contribution >= 4 is 12.2 Å². The third-order valence-corrected chi connectivity index (χ3v) is 9.58. The van der Waals surface area contributed by atoms with Crippen LogP contribution in [0.3, 0.4) is 0 Å². The maximum atomic E-state index is 5.61. The second-order valence-electron chi connectivity index (χ2n) is 10.5. The molecular weight excluding hydrogens is 344 g/mol. The van der Waals surface area contributed by atoms with Crippen LogP contribution in [-0.2, 0) is 0 Å². The average molecular weight is 385 g/mol. The summed E-state index contributed by atoms with van der Waals surface area (Å²) in [6.45, 7) is 5.28. The lowest BCUT2D eigenvalue weighted by Gasteiger charge is -2.60. The third-order valence-electron chi connectivity index (χ3n) is 9.58. The molecule has 0 radical (unpaired) electrons. The van der Waals surface area contributed by atoms with Crippen LogP contribution in [0.15, 0.2) is 22.2 Å². The van der Waals surface area contributed by atoms with Crippen LogP contribution in [0.1, 0.15) is 78.1 Å². The molecular formula is C24H40N4. The van der Waals surface area contributed by atoms with Crippen LogP contribution in [0.5, 0.6) is 0 Å². The van der Waals surface area contributed by atoms with Gasteiger partial charge in [-0.05, 0) is 97.9 Å². The number of allylic oxidation sites excluding steroid dienone is 2. The quantitative estimate of drug-likeness (QED) is 0.403. The number of nitrogens with one attached hydrogen (secondary N) is 1. The molecule has 7 atom stereocenters. The third kappa shape index (κ3) is 3.31. The summed E-state index contributed by atoms with van der Waals surface area (Å²) >= 11 is 0. The predicted octanol–water partition coefficient (Wildman–Crippen LogP) is 5.11. The number of guanidine groups is 1. The zero-order valence-electron chi connectivity index (χ0n) is 18.2. The van der Waals surface area contributed by atoms with E-state index < -0.39 is 0 Å². The van der Waals surface area contributed by atoms with Crippen LogP contribution < -0.4 is 11.2 Å². The summed E-state index contributed by atoms with van der Waals surface area (Å²) in [6.07, 6.45) is 21.0. The van der Waals surface area contributed by atoms with E-state index in [1.54, 1.807) is 7.05 Å². The molecule has 4 heteroatoms. The molecule has 0 amide bonds. The molecule has 0 heterocycles. The molecule has 0 unspecified atom stereocenters. The lowest BCUT2D eigenvalue weighted by Crippen LogP contribution is -2.52. The van der Waals surface area contributed by atoms with Crippen molar-refractivity contribution in [2.45, 2.75) is 78.1 Å². The predicted molar refractivity (Wildman–Crippen MR) is 118 cm³/mol. The molecule has 4 rings (SSSR count). The minimum atomic E-state index is 0.350. The fourth-order valence-electron chi connectivity index (χ4n) is 8.03. The number of hydrazone groups is 1. The Morgan fingerprint density at radius 1 is 0.964 bits per heavy atom. The van der Waals surface area contributed by atoms with Gasteiger partial charge < -0.3 is 5.73 Å². The number of nitrogens with two attached hydrogens (primary N) is 1. The van der Waals surface area contributed by atoms with Gasteiger partial charge in [-0.15, -0.1) is 0 Å². The first kappa shape index (κ1) is 20.0. The molecule has 0 saturated heterocycles. The lowest BCUT2D eigenvalue weighted by atomic mass is 9.45. The fourth-order valence-corrected chi connectivity index (χ4v) is 8.03. The van der Waals surface area contributed by atoms with Gasteiger partial charge in [-0.25, -0.2) is 5.43 Å². The molecule has 4 saturated carbocycles. The number of hydrogen-bond acceptors (Lipinski definition) is 2. The Morgan fingerprint density at radius 2 is 1.79 bits per heavy atom. The molecule has 28 heavy (non-hydrogen) atoms. The maximum absolute atomic E-state index is 5.61. The van der Waals surface area contributed by atoms with Gasteiger partial charge in [0.05, 0.1) is 0 Å². The Labute approximate surface area is 171 Å². The van der Waals surface area contributed by atoms with Gasteiger partial charge in [0.25, 0.3) is 0 Å². The van der Waals surface area contributed by atoms with E-state index in [1.165, 1.54) is 64.2 Å². The summed E-state index contributed by atoms with van der Waals surface area (Å²) in [7, 11) is 1.66. The number of hydrogen-bond donors (Lipinski definition) is 2. The Hall–Kier alpha value is -1.32. The normalized spacial score (nSPS) is 46.4. The van der Waals surface area contributed by atoms with Gasteiger partial charge >= 0.3 is 0 Å². The Kier molecular flexibility index (Phi) is 5.59. The van der Waals surface area contributed by atoms with Gasteiger partial charge in [0.2, 0.25) is 5.96 Å². The molecule has 4 aliphatic rings. The maximum Gasteiger partial charge on any atom is 0.209 e. The smallest absolute Gasteiger partial charge is 0.209 e. The summed E-state index contributed by atoms with van der Waals surface area (Å²) in [5.74, 6) is 4.97. The molecule has 4 nitrogen and oxygen atoms in total. The lowest BCUT2D eigenvalue weighted by molar-refractivity contribution is -0.107. The number of aliphatic imine (C=N–C) groups is 1. The largest absolute Gasteiger partial charge is 0.369 e. The van der Waals surface area contributed by atoms with Gasteiger partial charge in [-0.2, -0.15) is 5.10 Å². The summed E-state index contributed by atoms with van der Waals surface area (Å²) in [6, 6.07) is 0. The van der Waals surface area contributed by atoms with Crippen molar-refractivity contribution < 1.29 is 0 Å². The standard InChI is InChI=1S/C24H40N4/c1-23-14-5-4-7-17(23)9-11-19-20-12-10-18(24(20,2)15-13-21(19)23)8-6-16-27-28-22(25)26-3/h6,8,16-21H,4-5,7,9-15H2,1-3H3,(H3,25,26,28)/t17-,18-,19-,20-,21-,23-,24+/m0/s1. The molecule has 3 N–H and O–H groups in total. The number of rotatable bonds is 3. The van der Waals surface area contributed by atoms with Crippen molar-refractivity contribution in [1.82, 2.24) is 5.43 Å². The highest BCUT2D eigenvalue weighted by Gasteiger charge is 2.59. The van der Waals surface area contributed by atoms with Crippen LogP contribution >= 0.6 is 0 Å². The van der Waals surface area contributed by atoms with Crippen LogP contribution in [0, 0.1) is 40.4 Å². The van der Waals surface area contributed by atoms with Crippen LogP contribution in [0.25, 0.3) is 0 Å². The SMILES string of the molecule is CN=C(N)NN=CC=C[C@H]1CC[C@H]2[C@@H]3CC[C@@H]4CCCC[C@]4(C)[C@H]3CC[C@]12C. The second-order valence-corrected chi connectivity index (χ2v) is 10.5. The van der Waals surface area contributed by atoms with E-state index in [0.717, 1.165) is 23.7 Å². The first-order chi connectivity index (χ1) is 13.5. The highest BCUT2D eigenvalue weighted by atomic mass is 15.3. The zero-order valence-corrected chi connectivity index (χ0v) is 18.2. The summed E-state index contributed by atoms with van der Waals surface area (Å²) < 4.78 is 0. The van der Waals surface area contributed by atoms with Crippen LogP contribution in [0.2, 0.25) is 0 Å². The van der Waals surface area contributed by atoms with Gasteiger partial charge in [0.15, 0.2) is 0 Å². The minimum absolute atomic E-state index is 0.350. The van der Waals surface area contributed by atoms with E-state index in [-0.39, 0.29) is 0 Å². The molecule has 0 aromatic carbocycles. The zero-order chi connectivity index (χ0) is 19.8. The van der Waals surface area contributed by atoms with E-state index in [0.29, 0.717) is 22.7 Å². The van der Waals surface area contributed by atoms with Gasteiger partial charge in [-0.3, -0.25) is 4.99 Å². The number of fused-ring (bicyclic) bond motifs is 5. The molecule has 156 valence electrons. The minimum Gasteiger partial charge on any atom is -0.369 e. The Morgan fingerprint density at radius 3 is 2.61 bits per heavy atom. The first-order valence-corrected chi connectivity index (χ1v) is 11.7. The van der Waals surface area contributed by atoms with Crippen molar-refractivity contribution in [2.75, 3.05) is 7.05 Å². The summed E-state index contributed by atoms with van der Waals surface area (Å²) in [5, 5.41) is 4.13. The van der Waals surface area contributed by atoms with E-state index >= 15 is 0 Å². The first-order valence-electron chi connectivity index (χ1n) is 11.7. The van der Waals surface area contributed by atoms with Crippen molar-refractivity contribution in [3.8, 4) is 0 Å². The molecule has 0 aliphatic heterocycles. The summed E-state index contributed by atoms with van der Waals surface area (Å²) in [5.41, 5.74) is 9.48.